The Morgan fingerprint density at radius 1 is 1.37 bits per heavy atom. The molecule has 0 aromatic heterocycles. The number of hydrogen-bond acceptors (Lipinski definition) is 2. The zero-order chi connectivity index (χ0) is 14.5. The van der Waals surface area contributed by atoms with Crippen LogP contribution in [0.25, 0.3) is 0 Å². The summed E-state index contributed by atoms with van der Waals surface area (Å²) in [7, 11) is 0. The van der Waals surface area contributed by atoms with Gasteiger partial charge in [-0.05, 0) is 25.2 Å². The van der Waals surface area contributed by atoms with Gasteiger partial charge in [0.2, 0.25) is 0 Å². The van der Waals surface area contributed by atoms with Crippen molar-refractivity contribution in [3.05, 3.63) is 11.8 Å². The van der Waals surface area contributed by atoms with Crippen molar-refractivity contribution in [3.8, 4) is 0 Å². The summed E-state index contributed by atoms with van der Waals surface area (Å²) in [6.45, 7) is 8.13. The van der Waals surface area contributed by atoms with E-state index in [-0.39, 0.29) is 22.9 Å². The first-order chi connectivity index (χ1) is 8.92. The Bertz CT molecular complexity index is 326. The summed E-state index contributed by atoms with van der Waals surface area (Å²) in [5, 5.41) is 9.95. The minimum Gasteiger partial charge on any atom is -0.512 e. The SMILES string of the molecule is CCC(C)/C(O)=C/C(=O)C(C)(CC)CC1CCCC1. The van der Waals surface area contributed by atoms with Crippen LogP contribution >= 0.6 is 0 Å². The van der Waals surface area contributed by atoms with E-state index in [1.54, 1.807) is 0 Å². The molecule has 0 aliphatic heterocycles. The van der Waals surface area contributed by atoms with Crippen LogP contribution < -0.4 is 0 Å². The molecule has 1 N–H and O–H groups in total. The molecule has 19 heavy (non-hydrogen) atoms. The van der Waals surface area contributed by atoms with Gasteiger partial charge in [0.25, 0.3) is 0 Å². The van der Waals surface area contributed by atoms with E-state index >= 15 is 0 Å². The zero-order valence-corrected chi connectivity index (χ0v) is 13.0. The summed E-state index contributed by atoms with van der Waals surface area (Å²) >= 11 is 0. The number of ketones is 1. The quantitative estimate of drug-likeness (QED) is 0.517. The number of allylic oxidation sites excluding steroid dienone is 2. The number of aliphatic hydroxyl groups is 1. The minimum atomic E-state index is -0.295. The average molecular weight is 266 g/mol. The van der Waals surface area contributed by atoms with Gasteiger partial charge in [0.05, 0.1) is 5.76 Å². The lowest BCUT2D eigenvalue weighted by Crippen LogP contribution is -2.28. The Labute approximate surface area is 118 Å². The van der Waals surface area contributed by atoms with E-state index in [4.69, 9.17) is 0 Å². The van der Waals surface area contributed by atoms with Crippen molar-refractivity contribution in [2.75, 3.05) is 0 Å². The van der Waals surface area contributed by atoms with Crippen LogP contribution in [-0.4, -0.2) is 10.9 Å². The van der Waals surface area contributed by atoms with E-state index in [1.165, 1.54) is 31.8 Å². The molecule has 1 saturated carbocycles. The first kappa shape index (κ1) is 16.3. The van der Waals surface area contributed by atoms with Crippen LogP contribution in [0.1, 0.15) is 72.6 Å². The summed E-state index contributed by atoms with van der Waals surface area (Å²) < 4.78 is 0. The number of rotatable bonds is 7. The summed E-state index contributed by atoms with van der Waals surface area (Å²) in [4.78, 5) is 12.5. The smallest absolute Gasteiger partial charge is 0.164 e. The molecule has 1 aliphatic carbocycles. The van der Waals surface area contributed by atoms with E-state index in [9.17, 15) is 9.90 Å². The number of carbonyl (C=O) groups excluding carboxylic acids is 1. The van der Waals surface area contributed by atoms with Crippen LogP contribution in [0.4, 0.5) is 0 Å². The Balaban J connectivity index is 2.73. The van der Waals surface area contributed by atoms with Crippen molar-refractivity contribution in [1.29, 1.82) is 0 Å². The normalized spacial score (nSPS) is 22.2. The van der Waals surface area contributed by atoms with E-state index in [1.807, 2.05) is 13.8 Å². The highest BCUT2D eigenvalue weighted by atomic mass is 16.3. The molecule has 0 aromatic rings. The second kappa shape index (κ2) is 7.12. The monoisotopic (exact) mass is 266 g/mol. The standard InChI is InChI=1S/C17H30O2/c1-5-13(3)15(18)11-16(19)17(4,6-2)12-14-9-7-8-10-14/h11,13-14,18H,5-10,12H2,1-4H3/b15-11-. The van der Waals surface area contributed by atoms with Gasteiger partial charge in [0.15, 0.2) is 5.78 Å². The van der Waals surface area contributed by atoms with Crippen LogP contribution in [0.5, 0.6) is 0 Å². The largest absolute Gasteiger partial charge is 0.512 e. The predicted molar refractivity (Wildman–Crippen MR) is 80.1 cm³/mol. The van der Waals surface area contributed by atoms with Crippen molar-refractivity contribution in [3.63, 3.8) is 0 Å². The third-order valence-corrected chi connectivity index (χ3v) is 4.99. The molecule has 0 radical (unpaired) electrons. The van der Waals surface area contributed by atoms with Crippen molar-refractivity contribution < 1.29 is 9.90 Å². The van der Waals surface area contributed by atoms with Gasteiger partial charge in [0, 0.05) is 17.4 Å². The topological polar surface area (TPSA) is 37.3 Å². The van der Waals surface area contributed by atoms with Gasteiger partial charge in [-0.3, -0.25) is 4.79 Å². The van der Waals surface area contributed by atoms with Gasteiger partial charge in [-0.15, -0.1) is 0 Å². The van der Waals surface area contributed by atoms with Crippen LogP contribution in [0, 0.1) is 17.3 Å². The molecular formula is C17H30O2. The summed E-state index contributed by atoms with van der Waals surface area (Å²) in [5.41, 5.74) is -0.295. The molecule has 0 amide bonds. The van der Waals surface area contributed by atoms with Gasteiger partial charge in [-0.1, -0.05) is 53.4 Å². The number of aliphatic hydroxyl groups excluding tert-OH is 1. The van der Waals surface area contributed by atoms with Crippen LogP contribution in [0.2, 0.25) is 0 Å². The van der Waals surface area contributed by atoms with Gasteiger partial charge in [-0.25, -0.2) is 0 Å². The maximum Gasteiger partial charge on any atom is 0.164 e. The molecule has 2 unspecified atom stereocenters. The molecule has 0 heterocycles. The fourth-order valence-electron chi connectivity index (χ4n) is 2.93. The Morgan fingerprint density at radius 3 is 2.42 bits per heavy atom. The second-order valence-corrected chi connectivity index (χ2v) is 6.51. The van der Waals surface area contributed by atoms with Crippen LogP contribution in [0.3, 0.4) is 0 Å². The van der Waals surface area contributed by atoms with Crippen LogP contribution in [0.15, 0.2) is 11.8 Å². The predicted octanol–water partition coefficient (Wildman–Crippen LogP) is 5.04. The van der Waals surface area contributed by atoms with Gasteiger partial charge < -0.3 is 5.11 Å². The lowest BCUT2D eigenvalue weighted by atomic mass is 9.74. The highest BCUT2D eigenvalue weighted by Crippen LogP contribution is 2.38. The van der Waals surface area contributed by atoms with E-state index in [0.29, 0.717) is 5.92 Å². The highest BCUT2D eigenvalue weighted by Gasteiger charge is 2.34. The molecule has 2 nitrogen and oxygen atoms in total. The fraction of sp³-hybridized carbons (Fsp3) is 0.824. The molecule has 2 heteroatoms. The first-order valence-corrected chi connectivity index (χ1v) is 7.88. The molecule has 1 fully saturated rings. The summed E-state index contributed by atoms with van der Waals surface area (Å²) in [6.07, 6.45) is 9.35. The van der Waals surface area contributed by atoms with Gasteiger partial charge in [-0.2, -0.15) is 0 Å². The molecule has 0 saturated heterocycles. The van der Waals surface area contributed by atoms with Crippen LogP contribution in [-0.2, 0) is 4.79 Å². The Kier molecular flexibility index (Phi) is 6.09. The van der Waals surface area contributed by atoms with Gasteiger partial charge >= 0.3 is 0 Å². The Hall–Kier alpha value is -0.790. The van der Waals surface area contributed by atoms with E-state index < -0.39 is 0 Å². The maximum absolute atomic E-state index is 12.5. The van der Waals surface area contributed by atoms with Crippen molar-refractivity contribution in [1.82, 2.24) is 0 Å². The zero-order valence-electron chi connectivity index (χ0n) is 13.0. The lowest BCUT2D eigenvalue weighted by Gasteiger charge is -2.28. The van der Waals surface area contributed by atoms with E-state index in [0.717, 1.165) is 19.3 Å². The number of hydrogen-bond donors (Lipinski definition) is 1. The Morgan fingerprint density at radius 2 is 1.95 bits per heavy atom. The lowest BCUT2D eigenvalue weighted by molar-refractivity contribution is -0.124. The summed E-state index contributed by atoms with van der Waals surface area (Å²) in [6, 6.07) is 0. The molecular weight excluding hydrogens is 236 g/mol. The number of carbonyl (C=O) groups is 1. The minimum absolute atomic E-state index is 0.0801. The second-order valence-electron chi connectivity index (χ2n) is 6.51. The molecule has 1 aliphatic rings. The van der Waals surface area contributed by atoms with Crippen molar-refractivity contribution in [2.45, 2.75) is 72.6 Å². The van der Waals surface area contributed by atoms with Gasteiger partial charge in [0.1, 0.15) is 0 Å². The molecule has 0 spiro atoms. The maximum atomic E-state index is 12.5. The van der Waals surface area contributed by atoms with E-state index in [2.05, 4.69) is 13.8 Å². The molecule has 1 rings (SSSR count). The molecule has 0 bridgehead atoms. The third kappa shape index (κ3) is 4.36. The fourth-order valence-corrected chi connectivity index (χ4v) is 2.93. The third-order valence-electron chi connectivity index (χ3n) is 4.99. The first-order valence-electron chi connectivity index (χ1n) is 7.88. The summed E-state index contributed by atoms with van der Waals surface area (Å²) in [5.74, 6) is 1.14. The average Bonchev–Trinajstić information content (AvgIpc) is 2.89. The highest BCUT2D eigenvalue weighted by molar-refractivity contribution is 5.94. The molecule has 2 atom stereocenters. The van der Waals surface area contributed by atoms with Crippen molar-refractivity contribution in [2.24, 2.45) is 17.3 Å². The molecule has 110 valence electrons. The van der Waals surface area contributed by atoms with Crippen molar-refractivity contribution >= 4 is 5.78 Å². The molecule has 0 aromatic carbocycles.